The van der Waals surface area contributed by atoms with Crippen LogP contribution >= 0.6 is 0 Å². The van der Waals surface area contributed by atoms with Crippen molar-refractivity contribution in [3.05, 3.63) is 59.7 Å². The molecule has 6 nitrogen and oxygen atoms in total. The summed E-state index contributed by atoms with van der Waals surface area (Å²) in [5, 5.41) is 3.30. The highest BCUT2D eigenvalue weighted by Crippen LogP contribution is 2.11. The summed E-state index contributed by atoms with van der Waals surface area (Å²) in [5.41, 5.74) is 2.05. The van der Waals surface area contributed by atoms with E-state index in [4.69, 9.17) is 0 Å². The minimum atomic E-state index is 0.673. The van der Waals surface area contributed by atoms with Crippen molar-refractivity contribution in [2.45, 2.75) is 27.3 Å². The van der Waals surface area contributed by atoms with E-state index in [1.165, 1.54) is 0 Å². The lowest BCUT2D eigenvalue weighted by Gasteiger charge is -2.08. The zero-order chi connectivity index (χ0) is 15.5. The lowest BCUT2D eigenvalue weighted by molar-refractivity contribution is 0.924. The largest absolute Gasteiger partial charge is 0.366 e. The molecule has 0 unspecified atom stereocenters. The Labute approximate surface area is 129 Å². The van der Waals surface area contributed by atoms with Crippen LogP contribution in [0.25, 0.3) is 5.82 Å². The van der Waals surface area contributed by atoms with Crippen molar-refractivity contribution in [3.8, 4) is 5.82 Å². The maximum Gasteiger partial charge on any atom is 0.137 e. The van der Waals surface area contributed by atoms with Crippen molar-refractivity contribution in [2.75, 3.05) is 5.32 Å². The quantitative estimate of drug-likeness (QED) is 0.801. The Hall–Kier alpha value is -2.76. The number of aryl methyl sites for hydroxylation is 3. The van der Waals surface area contributed by atoms with Gasteiger partial charge in [-0.2, -0.15) is 0 Å². The van der Waals surface area contributed by atoms with E-state index in [9.17, 15) is 0 Å². The van der Waals surface area contributed by atoms with Crippen LogP contribution in [0.2, 0.25) is 0 Å². The summed E-state index contributed by atoms with van der Waals surface area (Å²) in [6.45, 7) is 6.48. The van der Waals surface area contributed by atoms with Crippen molar-refractivity contribution in [3.63, 3.8) is 0 Å². The first-order chi connectivity index (χ1) is 10.6. The summed E-state index contributed by atoms with van der Waals surface area (Å²) in [7, 11) is 0. The Balaban J connectivity index is 1.70. The number of anilines is 1. The third-order valence-electron chi connectivity index (χ3n) is 3.32. The van der Waals surface area contributed by atoms with E-state index < -0.39 is 0 Å². The number of pyridine rings is 1. The number of aromatic nitrogens is 5. The van der Waals surface area contributed by atoms with Gasteiger partial charge in [0.25, 0.3) is 0 Å². The van der Waals surface area contributed by atoms with Crippen LogP contribution in [0.1, 0.15) is 22.9 Å². The second kappa shape index (κ2) is 5.93. The number of nitrogens with zero attached hydrogens (tertiary/aromatic N) is 5. The minimum absolute atomic E-state index is 0.673. The van der Waals surface area contributed by atoms with E-state index in [0.29, 0.717) is 6.54 Å². The standard InChI is InChI=1S/C16H18N6/c1-11-8-15(21-12(2)20-11)18-9-14-4-5-16(19-10-14)22-7-6-17-13(22)3/h4-8,10H,9H2,1-3H3,(H,18,20,21). The van der Waals surface area contributed by atoms with Crippen LogP contribution in [0, 0.1) is 20.8 Å². The topological polar surface area (TPSA) is 68.5 Å². The predicted octanol–water partition coefficient (Wildman–Crippen LogP) is 2.59. The van der Waals surface area contributed by atoms with Crippen molar-refractivity contribution in [2.24, 2.45) is 0 Å². The first kappa shape index (κ1) is 14.2. The molecule has 0 saturated carbocycles. The molecule has 1 N–H and O–H groups in total. The monoisotopic (exact) mass is 294 g/mol. The van der Waals surface area contributed by atoms with E-state index >= 15 is 0 Å². The van der Waals surface area contributed by atoms with Gasteiger partial charge < -0.3 is 5.32 Å². The molecule has 0 radical (unpaired) electrons. The molecule has 0 saturated heterocycles. The zero-order valence-corrected chi connectivity index (χ0v) is 12.9. The molecule has 22 heavy (non-hydrogen) atoms. The smallest absolute Gasteiger partial charge is 0.137 e. The number of hydrogen-bond donors (Lipinski definition) is 1. The molecular weight excluding hydrogens is 276 g/mol. The van der Waals surface area contributed by atoms with Gasteiger partial charge in [-0.15, -0.1) is 0 Å². The zero-order valence-electron chi connectivity index (χ0n) is 12.9. The molecule has 3 aromatic rings. The van der Waals surface area contributed by atoms with Crippen molar-refractivity contribution >= 4 is 5.82 Å². The van der Waals surface area contributed by atoms with Crippen LogP contribution in [0.4, 0.5) is 5.82 Å². The number of nitrogens with one attached hydrogen (secondary N) is 1. The summed E-state index contributed by atoms with van der Waals surface area (Å²) in [5.74, 6) is 3.39. The van der Waals surface area contributed by atoms with Crippen LogP contribution in [-0.2, 0) is 6.54 Å². The molecule has 0 amide bonds. The van der Waals surface area contributed by atoms with E-state index in [0.717, 1.165) is 34.5 Å². The van der Waals surface area contributed by atoms with Gasteiger partial charge >= 0.3 is 0 Å². The second-order valence-corrected chi connectivity index (χ2v) is 5.16. The van der Waals surface area contributed by atoms with Gasteiger partial charge in [-0.3, -0.25) is 4.57 Å². The molecule has 0 fully saturated rings. The third-order valence-corrected chi connectivity index (χ3v) is 3.32. The molecule has 3 heterocycles. The van der Waals surface area contributed by atoms with Gasteiger partial charge in [-0.05, 0) is 32.4 Å². The summed E-state index contributed by atoms with van der Waals surface area (Å²) in [6.07, 6.45) is 5.54. The second-order valence-electron chi connectivity index (χ2n) is 5.16. The molecule has 0 aliphatic rings. The normalized spacial score (nSPS) is 10.7. The van der Waals surface area contributed by atoms with Gasteiger partial charge in [0.1, 0.15) is 23.3 Å². The molecular formula is C16H18N6. The highest BCUT2D eigenvalue weighted by molar-refractivity contribution is 5.37. The van der Waals surface area contributed by atoms with Gasteiger partial charge in [0.05, 0.1) is 0 Å². The van der Waals surface area contributed by atoms with E-state index in [2.05, 4.69) is 31.3 Å². The average molecular weight is 294 g/mol. The molecule has 3 aromatic heterocycles. The fourth-order valence-electron chi connectivity index (χ4n) is 2.28. The Morgan fingerprint density at radius 3 is 2.59 bits per heavy atom. The first-order valence-corrected chi connectivity index (χ1v) is 7.13. The highest BCUT2D eigenvalue weighted by atomic mass is 15.1. The Kier molecular flexibility index (Phi) is 3.82. The lowest BCUT2D eigenvalue weighted by atomic mass is 10.2. The van der Waals surface area contributed by atoms with Crippen molar-refractivity contribution < 1.29 is 0 Å². The first-order valence-electron chi connectivity index (χ1n) is 7.13. The maximum absolute atomic E-state index is 4.48. The SMILES string of the molecule is Cc1cc(NCc2ccc(-n3ccnc3C)nc2)nc(C)n1. The van der Waals surface area contributed by atoms with Gasteiger partial charge in [0.2, 0.25) is 0 Å². The number of rotatable bonds is 4. The lowest BCUT2D eigenvalue weighted by Crippen LogP contribution is -2.05. The minimum Gasteiger partial charge on any atom is -0.366 e. The van der Waals surface area contributed by atoms with Crippen molar-refractivity contribution in [1.29, 1.82) is 0 Å². The molecule has 3 rings (SSSR count). The van der Waals surface area contributed by atoms with Crippen LogP contribution in [0.3, 0.4) is 0 Å². The highest BCUT2D eigenvalue weighted by Gasteiger charge is 2.03. The van der Waals surface area contributed by atoms with Crippen LogP contribution < -0.4 is 5.32 Å². The Bertz CT molecular complexity index is 755. The fraction of sp³-hybridized carbons (Fsp3) is 0.250. The summed E-state index contributed by atoms with van der Waals surface area (Å²) in [6, 6.07) is 5.97. The Morgan fingerprint density at radius 1 is 1.09 bits per heavy atom. The number of hydrogen-bond acceptors (Lipinski definition) is 5. The maximum atomic E-state index is 4.48. The summed E-state index contributed by atoms with van der Waals surface area (Å²) >= 11 is 0. The van der Waals surface area contributed by atoms with E-state index in [1.807, 2.05) is 49.9 Å². The predicted molar refractivity (Wildman–Crippen MR) is 84.9 cm³/mol. The molecule has 0 bridgehead atoms. The summed E-state index contributed by atoms with van der Waals surface area (Å²) in [4.78, 5) is 17.3. The number of imidazole rings is 1. The molecule has 0 aromatic carbocycles. The molecule has 112 valence electrons. The van der Waals surface area contributed by atoms with Gasteiger partial charge in [-0.25, -0.2) is 19.9 Å². The summed E-state index contributed by atoms with van der Waals surface area (Å²) < 4.78 is 1.95. The van der Waals surface area contributed by atoms with Gasteiger partial charge in [-0.1, -0.05) is 6.07 Å². The third kappa shape index (κ3) is 3.11. The fourth-order valence-corrected chi connectivity index (χ4v) is 2.28. The molecule has 0 atom stereocenters. The van der Waals surface area contributed by atoms with Crippen LogP contribution in [-0.4, -0.2) is 24.5 Å². The molecule has 6 heteroatoms. The average Bonchev–Trinajstić information content (AvgIpc) is 2.91. The molecule has 0 spiro atoms. The van der Waals surface area contributed by atoms with Crippen LogP contribution in [0.15, 0.2) is 36.8 Å². The Morgan fingerprint density at radius 2 is 1.95 bits per heavy atom. The van der Waals surface area contributed by atoms with E-state index in [-0.39, 0.29) is 0 Å². The molecule has 0 aliphatic heterocycles. The van der Waals surface area contributed by atoms with Gasteiger partial charge in [0, 0.05) is 36.9 Å². The van der Waals surface area contributed by atoms with E-state index in [1.54, 1.807) is 6.20 Å². The van der Waals surface area contributed by atoms with Gasteiger partial charge in [0.15, 0.2) is 0 Å². The van der Waals surface area contributed by atoms with Crippen molar-refractivity contribution in [1.82, 2.24) is 24.5 Å². The van der Waals surface area contributed by atoms with Crippen LogP contribution in [0.5, 0.6) is 0 Å². The molecule has 0 aliphatic carbocycles.